The molecule has 1 aliphatic heterocycles. The molecule has 0 spiro atoms. The van der Waals surface area contributed by atoms with Crippen LogP contribution in [-0.2, 0) is 11.3 Å². The first-order valence-corrected chi connectivity index (χ1v) is 10.5. The van der Waals surface area contributed by atoms with Gasteiger partial charge in [0.15, 0.2) is 6.10 Å². The maximum absolute atomic E-state index is 12.7. The predicted molar refractivity (Wildman–Crippen MR) is 113 cm³/mol. The second-order valence-electron chi connectivity index (χ2n) is 7.07. The third-order valence-electron chi connectivity index (χ3n) is 5.03. The number of nitriles is 1. The summed E-state index contributed by atoms with van der Waals surface area (Å²) in [5, 5.41) is 9.98. The molecule has 0 bridgehead atoms. The molecule has 148 valence electrons. The van der Waals surface area contributed by atoms with Gasteiger partial charge >= 0.3 is 0 Å². The van der Waals surface area contributed by atoms with Crippen LogP contribution in [0.15, 0.2) is 48.5 Å². The summed E-state index contributed by atoms with van der Waals surface area (Å²) in [7, 11) is 0. The van der Waals surface area contributed by atoms with Crippen molar-refractivity contribution in [2.45, 2.75) is 19.6 Å². The minimum absolute atomic E-state index is 0.00556. The van der Waals surface area contributed by atoms with Gasteiger partial charge in [-0.25, -0.2) is 4.98 Å². The van der Waals surface area contributed by atoms with Crippen LogP contribution < -0.4 is 4.74 Å². The average molecular weight is 407 g/mol. The van der Waals surface area contributed by atoms with Gasteiger partial charge in [0.05, 0.1) is 28.4 Å². The fourth-order valence-corrected chi connectivity index (χ4v) is 4.43. The van der Waals surface area contributed by atoms with E-state index in [-0.39, 0.29) is 5.91 Å². The van der Waals surface area contributed by atoms with Crippen LogP contribution in [0.5, 0.6) is 5.75 Å². The topological polar surface area (TPSA) is 69.5 Å². The minimum Gasteiger partial charge on any atom is -0.481 e. The van der Waals surface area contributed by atoms with E-state index in [2.05, 4.69) is 17.0 Å². The Labute approximate surface area is 173 Å². The molecule has 1 fully saturated rings. The molecule has 7 heteroatoms. The van der Waals surface area contributed by atoms with E-state index in [1.54, 1.807) is 42.5 Å². The number of thiazole rings is 1. The highest BCUT2D eigenvalue weighted by Crippen LogP contribution is 2.23. The van der Waals surface area contributed by atoms with Crippen LogP contribution in [0.2, 0.25) is 0 Å². The van der Waals surface area contributed by atoms with Crippen LogP contribution >= 0.6 is 11.3 Å². The van der Waals surface area contributed by atoms with Gasteiger partial charge in [0.1, 0.15) is 10.8 Å². The number of carbonyl (C=O) groups excluding carboxylic acids is 1. The number of piperazine rings is 1. The first kappa shape index (κ1) is 19.4. The lowest BCUT2D eigenvalue weighted by atomic mass is 10.2. The van der Waals surface area contributed by atoms with Crippen molar-refractivity contribution in [2.24, 2.45) is 0 Å². The van der Waals surface area contributed by atoms with E-state index in [1.807, 2.05) is 23.1 Å². The van der Waals surface area contributed by atoms with Crippen molar-refractivity contribution >= 4 is 27.5 Å². The number of hydrogen-bond acceptors (Lipinski definition) is 6. The Bertz CT molecular complexity index is 1000. The van der Waals surface area contributed by atoms with Crippen LogP contribution in [0.1, 0.15) is 17.5 Å². The molecule has 2 aromatic carbocycles. The van der Waals surface area contributed by atoms with Gasteiger partial charge in [0.2, 0.25) is 0 Å². The number of benzene rings is 2. The fourth-order valence-electron chi connectivity index (χ4n) is 3.42. The van der Waals surface area contributed by atoms with Gasteiger partial charge in [-0.15, -0.1) is 11.3 Å². The number of ether oxygens (including phenoxy) is 1. The lowest BCUT2D eigenvalue weighted by Gasteiger charge is -2.35. The maximum Gasteiger partial charge on any atom is 0.263 e. The molecule has 1 atom stereocenters. The normalized spacial score (nSPS) is 15.8. The molecule has 1 saturated heterocycles. The molecule has 0 radical (unpaired) electrons. The van der Waals surface area contributed by atoms with E-state index >= 15 is 0 Å². The molecule has 0 aliphatic carbocycles. The Hall–Kier alpha value is -2.95. The van der Waals surface area contributed by atoms with E-state index in [0.717, 1.165) is 30.2 Å². The highest BCUT2D eigenvalue weighted by Gasteiger charge is 2.26. The number of para-hydroxylation sites is 1. The van der Waals surface area contributed by atoms with Gasteiger partial charge in [-0.1, -0.05) is 12.1 Å². The first-order valence-electron chi connectivity index (χ1n) is 9.65. The van der Waals surface area contributed by atoms with Crippen LogP contribution in [0.3, 0.4) is 0 Å². The summed E-state index contributed by atoms with van der Waals surface area (Å²) in [6, 6.07) is 17.1. The van der Waals surface area contributed by atoms with Crippen LogP contribution in [-0.4, -0.2) is 53.0 Å². The first-order chi connectivity index (χ1) is 14.1. The third-order valence-corrected chi connectivity index (χ3v) is 6.05. The fraction of sp³-hybridized carbons (Fsp3) is 0.318. The zero-order valence-electron chi connectivity index (χ0n) is 16.2. The standard InChI is InChI=1S/C22H22N4O2S/c1-16(28-18-8-6-17(14-23)7-9-18)22(27)26-12-10-25(11-13-26)15-21-24-19-4-2-3-5-20(19)29-21/h2-9,16H,10-13,15H2,1H3/t16-/m0/s1. The Morgan fingerprint density at radius 3 is 2.59 bits per heavy atom. The average Bonchev–Trinajstić information content (AvgIpc) is 3.16. The zero-order chi connectivity index (χ0) is 20.2. The molecule has 1 amide bonds. The van der Waals surface area contributed by atoms with E-state index in [1.165, 1.54) is 4.70 Å². The zero-order valence-corrected chi connectivity index (χ0v) is 17.1. The summed E-state index contributed by atoms with van der Waals surface area (Å²) >= 11 is 1.73. The molecule has 0 saturated carbocycles. The number of nitrogens with zero attached hydrogens (tertiary/aromatic N) is 4. The van der Waals surface area contributed by atoms with Crippen molar-refractivity contribution in [3.63, 3.8) is 0 Å². The predicted octanol–water partition coefficient (Wildman–Crippen LogP) is 3.28. The molecular formula is C22H22N4O2S. The molecule has 1 aromatic heterocycles. The monoisotopic (exact) mass is 406 g/mol. The molecule has 29 heavy (non-hydrogen) atoms. The summed E-state index contributed by atoms with van der Waals surface area (Å²) < 4.78 is 6.98. The lowest BCUT2D eigenvalue weighted by molar-refractivity contribution is -0.139. The summed E-state index contributed by atoms with van der Waals surface area (Å²) in [5.41, 5.74) is 1.62. The van der Waals surface area contributed by atoms with Gasteiger partial charge in [-0.05, 0) is 43.3 Å². The van der Waals surface area contributed by atoms with E-state index in [0.29, 0.717) is 24.4 Å². The van der Waals surface area contributed by atoms with Gasteiger partial charge < -0.3 is 9.64 Å². The van der Waals surface area contributed by atoms with Gasteiger partial charge in [-0.2, -0.15) is 5.26 Å². The van der Waals surface area contributed by atoms with Crippen molar-refractivity contribution < 1.29 is 9.53 Å². The van der Waals surface area contributed by atoms with E-state index in [9.17, 15) is 4.79 Å². The molecule has 0 unspecified atom stereocenters. The summed E-state index contributed by atoms with van der Waals surface area (Å²) in [6.45, 7) is 5.61. The highest BCUT2D eigenvalue weighted by atomic mass is 32.1. The summed E-state index contributed by atoms with van der Waals surface area (Å²) in [5.74, 6) is 0.591. The third kappa shape index (κ3) is 4.56. The lowest BCUT2D eigenvalue weighted by Crippen LogP contribution is -2.51. The Balaban J connectivity index is 1.28. The van der Waals surface area contributed by atoms with Crippen molar-refractivity contribution in [3.05, 3.63) is 59.1 Å². The number of rotatable bonds is 5. The van der Waals surface area contributed by atoms with Gasteiger partial charge in [-0.3, -0.25) is 9.69 Å². The molecule has 4 rings (SSSR count). The Kier molecular flexibility index (Phi) is 5.74. The van der Waals surface area contributed by atoms with Gasteiger partial charge in [0.25, 0.3) is 5.91 Å². The highest BCUT2D eigenvalue weighted by molar-refractivity contribution is 7.18. The molecule has 1 aliphatic rings. The van der Waals surface area contributed by atoms with Crippen molar-refractivity contribution in [1.82, 2.24) is 14.8 Å². The van der Waals surface area contributed by atoms with Gasteiger partial charge in [0, 0.05) is 26.2 Å². The molecule has 0 N–H and O–H groups in total. The van der Waals surface area contributed by atoms with Crippen molar-refractivity contribution in [3.8, 4) is 11.8 Å². The number of fused-ring (bicyclic) bond motifs is 1. The summed E-state index contributed by atoms with van der Waals surface area (Å²) in [6.07, 6.45) is -0.557. The largest absolute Gasteiger partial charge is 0.481 e. The SMILES string of the molecule is C[C@H](Oc1ccc(C#N)cc1)C(=O)N1CCN(Cc2nc3ccccc3s2)CC1. The van der Waals surface area contributed by atoms with E-state index in [4.69, 9.17) is 15.0 Å². The number of amides is 1. The number of carbonyl (C=O) groups is 1. The molecule has 6 nitrogen and oxygen atoms in total. The minimum atomic E-state index is -0.557. The molecule has 2 heterocycles. The molecule has 3 aromatic rings. The summed E-state index contributed by atoms with van der Waals surface area (Å²) in [4.78, 5) is 21.6. The number of hydrogen-bond donors (Lipinski definition) is 0. The Morgan fingerprint density at radius 2 is 1.90 bits per heavy atom. The number of aromatic nitrogens is 1. The Morgan fingerprint density at radius 1 is 1.17 bits per heavy atom. The van der Waals surface area contributed by atoms with Crippen molar-refractivity contribution in [2.75, 3.05) is 26.2 Å². The van der Waals surface area contributed by atoms with Crippen molar-refractivity contribution in [1.29, 1.82) is 5.26 Å². The molecular weight excluding hydrogens is 384 g/mol. The quantitative estimate of drug-likeness (QED) is 0.650. The maximum atomic E-state index is 12.7. The van der Waals surface area contributed by atoms with Crippen LogP contribution in [0, 0.1) is 11.3 Å². The van der Waals surface area contributed by atoms with Crippen LogP contribution in [0.4, 0.5) is 0 Å². The smallest absolute Gasteiger partial charge is 0.263 e. The second kappa shape index (κ2) is 8.60. The van der Waals surface area contributed by atoms with Crippen LogP contribution in [0.25, 0.3) is 10.2 Å². The second-order valence-corrected chi connectivity index (χ2v) is 8.19. The van der Waals surface area contributed by atoms with E-state index < -0.39 is 6.10 Å².